The van der Waals surface area contributed by atoms with Crippen molar-refractivity contribution < 1.29 is 9.59 Å². The van der Waals surface area contributed by atoms with Crippen molar-refractivity contribution in [2.45, 2.75) is 12.8 Å². The minimum Gasteiger partial charge on any atom is -0.356 e. The van der Waals surface area contributed by atoms with Gasteiger partial charge in [0.2, 0.25) is 5.91 Å². The highest BCUT2D eigenvalue weighted by atomic mass is 32.1. The van der Waals surface area contributed by atoms with E-state index in [9.17, 15) is 9.59 Å². The summed E-state index contributed by atoms with van der Waals surface area (Å²) < 4.78 is 0. The maximum Gasteiger partial charge on any atom is 0.252 e. The Morgan fingerprint density at radius 1 is 0.852 bits per heavy atom. The van der Waals surface area contributed by atoms with Crippen LogP contribution in [0.25, 0.3) is 0 Å². The molecule has 0 unspecified atom stereocenters. The summed E-state index contributed by atoms with van der Waals surface area (Å²) in [4.78, 5) is 23.8. The molecule has 3 N–H and O–H groups in total. The Hall–Kier alpha value is -3.12. The number of carbonyl (C=O) groups excluding carboxylic acids is 2. The van der Waals surface area contributed by atoms with E-state index in [2.05, 4.69) is 16.0 Å². The molecular weight excluding hydrogens is 358 g/mol. The molecule has 6 heteroatoms. The van der Waals surface area contributed by atoms with E-state index < -0.39 is 0 Å². The van der Waals surface area contributed by atoms with Crippen molar-refractivity contribution in [3.63, 3.8) is 0 Å². The first kappa shape index (κ1) is 18.7. The quantitative estimate of drug-likeness (QED) is 0.499. The van der Waals surface area contributed by atoms with Gasteiger partial charge in [-0.05, 0) is 54.3 Å². The van der Waals surface area contributed by atoms with Gasteiger partial charge in [0.15, 0.2) is 0 Å². The van der Waals surface area contributed by atoms with Gasteiger partial charge in [-0.2, -0.15) is 11.3 Å². The van der Waals surface area contributed by atoms with Crippen molar-refractivity contribution in [3.8, 4) is 0 Å². The van der Waals surface area contributed by atoms with E-state index in [0.29, 0.717) is 24.9 Å². The van der Waals surface area contributed by atoms with Crippen molar-refractivity contribution in [2.24, 2.45) is 0 Å². The zero-order chi connectivity index (χ0) is 18.9. The van der Waals surface area contributed by atoms with Crippen molar-refractivity contribution >= 4 is 40.2 Å². The Morgan fingerprint density at radius 2 is 1.56 bits per heavy atom. The molecule has 3 rings (SSSR count). The third-order valence-corrected chi connectivity index (χ3v) is 4.56. The average molecular weight is 379 g/mol. The highest BCUT2D eigenvalue weighted by Crippen LogP contribution is 2.18. The second-order valence-electron chi connectivity index (χ2n) is 5.99. The van der Waals surface area contributed by atoms with Gasteiger partial charge < -0.3 is 16.0 Å². The fourth-order valence-electron chi connectivity index (χ4n) is 2.50. The number of para-hydroxylation sites is 1. The monoisotopic (exact) mass is 379 g/mol. The number of rotatable bonds is 8. The zero-order valence-electron chi connectivity index (χ0n) is 14.8. The maximum atomic E-state index is 12.0. The van der Waals surface area contributed by atoms with Gasteiger partial charge in [-0.3, -0.25) is 9.59 Å². The number of hydrogen-bond acceptors (Lipinski definition) is 4. The molecule has 0 aliphatic carbocycles. The van der Waals surface area contributed by atoms with E-state index in [1.54, 1.807) is 11.4 Å². The van der Waals surface area contributed by atoms with Gasteiger partial charge in [-0.15, -0.1) is 0 Å². The SMILES string of the molecule is O=C(CCCNC(=O)c1ccsc1)Nc1ccc(Nc2ccccc2)cc1. The molecular formula is C21H21N3O2S. The minimum atomic E-state index is -0.0989. The number of nitrogens with one attached hydrogen (secondary N) is 3. The van der Waals surface area contributed by atoms with Gasteiger partial charge in [0.25, 0.3) is 5.91 Å². The van der Waals surface area contributed by atoms with Gasteiger partial charge in [0.1, 0.15) is 0 Å². The highest BCUT2D eigenvalue weighted by Gasteiger charge is 2.06. The normalized spacial score (nSPS) is 10.2. The van der Waals surface area contributed by atoms with Crippen LogP contribution in [0.1, 0.15) is 23.2 Å². The van der Waals surface area contributed by atoms with E-state index >= 15 is 0 Å². The van der Waals surface area contributed by atoms with Crippen LogP contribution in [0.4, 0.5) is 17.1 Å². The first-order valence-electron chi connectivity index (χ1n) is 8.73. The number of amides is 2. The van der Waals surface area contributed by atoms with Gasteiger partial charge in [0, 0.05) is 41.0 Å². The first-order chi connectivity index (χ1) is 13.2. The molecule has 2 amide bonds. The van der Waals surface area contributed by atoms with Crippen LogP contribution in [-0.4, -0.2) is 18.4 Å². The standard InChI is InChI=1S/C21H21N3O2S/c25-20(7-4-13-22-21(26)16-12-14-27-15-16)24-19-10-8-18(9-11-19)23-17-5-2-1-3-6-17/h1-3,5-6,8-12,14-15,23H,4,7,13H2,(H,22,26)(H,24,25). The predicted octanol–water partition coefficient (Wildman–Crippen LogP) is 4.64. The molecule has 27 heavy (non-hydrogen) atoms. The van der Waals surface area contributed by atoms with Gasteiger partial charge in [-0.25, -0.2) is 0 Å². The van der Waals surface area contributed by atoms with Crippen molar-refractivity contribution in [2.75, 3.05) is 17.2 Å². The largest absolute Gasteiger partial charge is 0.356 e. The van der Waals surface area contributed by atoms with Crippen LogP contribution in [0.5, 0.6) is 0 Å². The summed E-state index contributed by atoms with van der Waals surface area (Å²) in [6.45, 7) is 0.474. The molecule has 1 aromatic heterocycles. The van der Waals surface area contributed by atoms with Crippen molar-refractivity contribution in [3.05, 3.63) is 77.0 Å². The summed E-state index contributed by atoms with van der Waals surface area (Å²) in [5.74, 6) is -0.165. The van der Waals surface area contributed by atoms with E-state index in [4.69, 9.17) is 0 Å². The number of carbonyl (C=O) groups is 2. The Labute approximate surface area is 162 Å². The number of thiophene rings is 1. The Balaban J connectivity index is 1.38. The van der Waals surface area contributed by atoms with E-state index in [1.165, 1.54) is 11.3 Å². The summed E-state index contributed by atoms with van der Waals surface area (Å²) in [7, 11) is 0. The van der Waals surface area contributed by atoms with Crippen LogP contribution in [0.3, 0.4) is 0 Å². The number of benzene rings is 2. The van der Waals surface area contributed by atoms with Crippen molar-refractivity contribution in [1.29, 1.82) is 0 Å². The fraction of sp³-hybridized carbons (Fsp3) is 0.143. The van der Waals surface area contributed by atoms with E-state index in [-0.39, 0.29) is 11.8 Å². The average Bonchev–Trinajstić information content (AvgIpc) is 3.22. The molecule has 0 aliphatic heterocycles. The lowest BCUT2D eigenvalue weighted by atomic mass is 10.2. The zero-order valence-corrected chi connectivity index (χ0v) is 15.6. The third-order valence-electron chi connectivity index (χ3n) is 3.88. The van der Waals surface area contributed by atoms with Crippen LogP contribution >= 0.6 is 11.3 Å². The number of anilines is 3. The van der Waals surface area contributed by atoms with E-state index in [1.807, 2.05) is 60.0 Å². The molecule has 0 spiro atoms. The van der Waals surface area contributed by atoms with Crippen LogP contribution in [0.15, 0.2) is 71.4 Å². The van der Waals surface area contributed by atoms with Crippen LogP contribution in [0.2, 0.25) is 0 Å². The predicted molar refractivity (Wildman–Crippen MR) is 111 cm³/mol. The molecule has 0 aliphatic rings. The topological polar surface area (TPSA) is 70.2 Å². The third kappa shape index (κ3) is 5.97. The van der Waals surface area contributed by atoms with Crippen molar-refractivity contribution in [1.82, 2.24) is 5.32 Å². The summed E-state index contributed by atoms with van der Waals surface area (Å²) >= 11 is 1.49. The smallest absolute Gasteiger partial charge is 0.252 e. The lowest BCUT2D eigenvalue weighted by molar-refractivity contribution is -0.116. The Kier molecular flexibility index (Phi) is 6.60. The number of hydrogen-bond donors (Lipinski definition) is 3. The van der Waals surface area contributed by atoms with Gasteiger partial charge in [0.05, 0.1) is 0 Å². The highest BCUT2D eigenvalue weighted by molar-refractivity contribution is 7.08. The molecule has 0 saturated carbocycles. The molecule has 0 bridgehead atoms. The molecule has 0 atom stereocenters. The maximum absolute atomic E-state index is 12.0. The van der Waals surface area contributed by atoms with E-state index in [0.717, 1.165) is 17.1 Å². The second-order valence-corrected chi connectivity index (χ2v) is 6.77. The Morgan fingerprint density at radius 3 is 2.26 bits per heavy atom. The summed E-state index contributed by atoms with van der Waals surface area (Å²) in [5, 5.41) is 12.6. The van der Waals surface area contributed by atoms with Crippen LogP contribution < -0.4 is 16.0 Å². The molecule has 1 heterocycles. The molecule has 2 aromatic carbocycles. The Bertz CT molecular complexity index is 862. The van der Waals surface area contributed by atoms with Crippen LogP contribution in [0, 0.1) is 0 Å². The lowest BCUT2D eigenvalue weighted by Crippen LogP contribution is -2.25. The second kappa shape index (κ2) is 9.54. The molecule has 0 fully saturated rings. The molecule has 5 nitrogen and oxygen atoms in total. The molecule has 0 saturated heterocycles. The summed E-state index contributed by atoms with van der Waals surface area (Å²) in [6, 6.07) is 19.2. The lowest BCUT2D eigenvalue weighted by Gasteiger charge is -2.09. The molecule has 0 radical (unpaired) electrons. The van der Waals surface area contributed by atoms with Gasteiger partial charge in [-0.1, -0.05) is 18.2 Å². The summed E-state index contributed by atoms with van der Waals surface area (Å²) in [6.07, 6.45) is 0.948. The minimum absolute atomic E-state index is 0.0662. The van der Waals surface area contributed by atoms with Crippen LogP contribution in [-0.2, 0) is 4.79 Å². The first-order valence-corrected chi connectivity index (χ1v) is 9.67. The molecule has 3 aromatic rings. The summed E-state index contributed by atoms with van der Waals surface area (Å²) in [5.41, 5.74) is 3.38. The van der Waals surface area contributed by atoms with Gasteiger partial charge >= 0.3 is 0 Å². The fourth-order valence-corrected chi connectivity index (χ4v) is 3.13. The molecule has 138 valence electrons.